The van der Waals surface area contributed by atoms with Gasteiger partial charge in [-0.2, -0.15) is 5.10 Å². The van der Waals surface area contributed by atoms with Crippen molar-refractivity contribution in [2.24, 2.45) is 0 Å². The van der Waals surface area contributed by atoms with Gasteiger partial charge < -0.3 is 9.84 Å². The first-order valence-electron chi connectivity index (χ1n) is 8.19. The van der Waals surface area contributed by atoms with Crippen LogP contribution in [-0.4, -0.2) is 21.3 Å². The number of H-pyrrole nitrogens is 1. The van der Waals surface area contributed by atoms with Crippen LogP contribution >= 0.6 is 0 Å². The van der Waals surface area contributed by atoms with Crippen LogP contribution in [-0.2, 0) is 6.61 Å². The summed E-state index contributed by atoms with van der Waals surface area (Å²) in [5, 5.41) is 17.2. The SMILES string of the molecule is O=C(O)c1ccc2c(-c3ccc(OCc4ccccc4)cc3)n[nH]c2c1. The molecule has 3 aromatic carbocycles. The monoisotopic (exact) mass is 344 g/mol. The molecule has 0 aliphatic heterocycles. The second-order valence-corrected chi connectivity index (χ2v) is 5.94. The minimum absolute atomic E-state index is 0.234. The number of hydrogen-bond donors (Lipinski definition) is 2. The molecule has 0 spiro atoms. The minimum Gasteiger partial charge on any atom is -0.489 e. The Balaban J connectivity index is 1.55. The van der Waals surface area contributed by atoms with Gasteiger partial charge in [-0.05, 0) is 48.0 Å². The average Bonchev–Trinajstić information content (AvgIpc) is 3.11. The fourth-order valence-corrected chi connectivity index (χ4v) is 2.82. The average molecular weight is 344 g/mol. The molecule has 0 bridgehead atoms. The predicted molar refractivity (Wildman–Crippen MR) is 99.3 cm³/mol. The lowest BCUT2D eigenvalue weighted by atomic mass is 10.1. The fourth-order valence-electron chi connectivity index (χ4n) is 2.82. The zero-order chi connectivity index (χ0) is 17.9. The third kappa shape index (κ3) is 3.15. The molecular formula is C21H16N2O3. The summed E-state index contributed by atoms with van der Waals surface area (Å²) in [6.07, 6.45) is 0. The van der Waals surface area contributed by atoms with Crippen LogP contribution in [0, 0.1) is 0 Å². The molecule has 1 aromatic heterocycles. The standard InChI is InChI=1S/C21H16N2O3/c24-21(25)16-8-11-18-19(12-16)22-23-20(18)15-6-9-17(10-7-15)26-13-14-4-2-1-3-5-14/h1-12H,13H2,(H,22,23)(H,24,25). The van der Waals surface area contributed by atoms with Gasteiger partial charge in [0.15, 0.2) is 0 Å². The van der Waals surface area contributed by atoms with E-state index in [4.69, 9.17) is 9.84 Å². The van der Waals surface area contributed by atoms with Gasteiger partial charge in [-0.15, -0.1) is 0 Å². The van der Waals surface area contributed by atoms with E-state index in [1.807, 2.05) is 54.6 Å². The van der Waals surface area contributed by atoms with Crippen LogP contribution in [0.25, 0.3) is 22.2 Å². The Hall–Kier alpha value is -3.60. The summed E-state index contributed by atoms with van der Waals surface area (Å²) in [6, 6.07) is 22.7. The largest absolute Gasteiger partial charge is 0.489 e. The lowest BCUT2D eigenvalue weighted by Gasteiger charge is -2.07. The van der Waals surface area contributed by atoms with Crippen molar-refractivity contribution in [3.63, 3.8) is 0 Å². The Kier molecular flexibility index (Phi) is 4.11. The molecule has 2 N–H and O–H groups in total. The number of ether oxygens (including phenoxy) is 1. The van der Waals surface area contributed by atoms with Gasteiger partial charge in [0.05, 0.1) is 16.8 Å². The number of fused-ring (bicyclic) bond motifs is 1. The highest BCUT2D eigenvalue weighted by molar-refractivity contribution is 5.98. The van der Waals surface area contributed by atoms with E-state index in [1.165, 1.54) is 0 Å². The van der Waals surface area contributed by atoms with E-state index in [9.17, 15) is 4.79 Å². The van der Waals surface area contributed by atoms with Crippen molar-refractivity contribution in [1.82, 2.24) is 10.2 Å². The number of benzene rings is 3. The topological polar surface area (TPSA) is 75.2 Å². The van der Waals surface area contributed by atoms with Crippen molar-refractivity contribution in [3.05, 3.63) is 83.9 Å². The van der Waals surface area contributed by atoms with Crippen LogP contribution in [0.15, 0.2) is 72.8 Å². The van der Waals surface area contributed by atoms with E-state index < -0.39 is 5.97 Å². The molecule has 5 nitrogen and oxygen atoms in total. The number of nitrogens with zero attached hydrogens (tertiary/aromatic N) is 1. The molecule has 1 heterocycles. The summed E-state index contributed by atoms with van der Waals surface area (Å²) in [5.74, 6) is -0.173. The maximum absolute atomic E-state index is 11.1. The molecule has 0 amide bonds. The molecule has 4 aromatic rings. The summed E-state index contributed by atoms with van der Waals surface area (Å²) in [5.41, 5.74) is 3.77. The van der Waals surface area contributed by atoms with Crippen molar-refractivity contribution in [1.29, 1.82) is 0 Å². The van der Waals surface area contributed by atoms with Gasteiger partial charge in [-0.3, -0.25) is 5.10 Å². The molecule has 0 radical (unpaired) electrons. The predicted octanol–water partition coefficient (Wildman–Crippen LogP) is 4.51. The molecule has 0 saturated carbocycles. The van der Waals surface area contributed by atoms with Crippen LogP contribution in [0.5, 0.6) is 5.75 Å². The quantitative estimate of drug-likeness (QED) is 0.559. The van der Waals surface area contributed by atoms with Crippen molar-refractivity contribution < 1.29 is 14.6 Å². The maximum Gasteiger partial charge on any atom is 0.335 e. The van der Waals surface area contributed by atoms with Gasteiger partial charge in [-0.25, -0.2) is 4.79 Å². The smallest absolute Gasteiger partial charge is 0.335 e. The molecule has 0 aliphatic rings. The number of nitrogens with one attached hydrogen (secondary N) is 1. The number of carboxylic acid groups (broad SMARTS) is 1. The molecule has 4 rings (SSSR count). The van der Waals surface area contributed by atoms with Crippen molar-refractivity contribution in [2.75, 3.05) is 0 Å². The van der Waals surface area contributed by atoms with E-state index in [0.717, 1.165) is 28.0 Å². The normalized spacial score (nSPS) is 10.8. The summed E-state index contributed by atoms with van der Waals surface area (Å²) in [4.78, 5) is 11.1. The van der Waals surface area contributed by atoms with Crippen LogP contribution in [0.2, 0.25) is 0 Å². The van der Waals surface area contributed by atoms with Crippen LogP contribution in [0.4, 0.5) is 0 Å². The third-order valence-corrected chi connectivity index (χ3v) is 4.19. The number of hydrogen-bond acceptors (Lipinski definition) is 3. The highest BCUT2D eigenvalue weighted by atomic mass is 16.5. The van der Waals surface area contributed by atoms with Crippen molar-refractivity contribution in [3.8, 4) is 17.0 Å². The van der Waals surface area contributed by atoms with Gasteiger partial charge in [-0.1, -0.05) is 30.3 Å². The molecule has 128 valence electrons. The molecule has 5 heteroatoms. The number of aromatic amines is 1. The first-order chi connectivity index (χ1) is 12.7. The molecule has 0 unspecified atom stereocenters. The van der Waals surface area contributed by atoms with Gasteiger partial charge in [0, 0.05) is 10.9 Å². The molecular weight excluding hydrogens is 328 g/mol. The molecule has 0 saturated heterocycles. The summed E-state index contributed by atoms with van der Waals surface area (Å²) in [7, 11) is 0. The van der Waals surface area contributed by atoms with Crippen molar-refractivity contribution >= 4 is 16.9 Å². The second-order valence-electron chi connectivity index (χ2n) is 5.94. The fraction of sp³-hybridized carbons (Fsp3) is 0.0476. The Morgan fingerprint density at radius 2 is 1.77 bits per heavy atom. The molecule has 26 heavy (non-hydrogen) atoms. The first kappa shape index (κ1) is 15.9. The second kappa shape index (κ2) is 6.72. The van der Waals surface area contributed by atoms with E-state index in [-0.39, 0.29) is 5.56 Å². The highest BCUT2D eigenvalue weighted by Crippen LogP contribution is 2.28. The van der Waals surface area contributed by atoms with Crippen LogP contribution in [0.1, 0.15) is 15.9 Å². The van der Waals surface area contributed by atoms with E-state index in [1.54, 1.807) is 18.2 Å². The number of aromatic nitrogens is 2. The Morgan fingerprint density at radius 1 is 1.00 bits per heavy atom. The Labute approximate surface area is 149 Å². The summed E-state index contributed by atoms with van der Waals surface area (Å²) >= 11 is 0. The molecule has 0 fully saturated rings. The van der Waals surface area contributed by atoms with Crippen LogP contribution in [0.3, 0.4) is 0 Å². The van der Waals surface area contributed by atoms with Gasteiger partial charge >= 0.3 is 5.97 Å². The maximum atomic E-state index is 11.1. The van der Waals surface area contributed by atoms with Gasteiger partial charge in [0.1, 0.15) is 12.4 Å². The molecule has 0 atom stereocenters. The van der Waals surface area contributed by atoms with Crippen LogP contribution < -0.4 is 4.74 Å². The number of carbonyl (C=O) groups is 1. The Bertz CT molecular complexity index is 1050. The number of rotatable bonds is 5. The van der Waals surface area contributed by atoms with E-state index in [0.29, 0.717) is 12.1 Å². The van der Waals surface area contributed by atoms with Crippen molar-refractivity contribution in [2.45, 2.75) is 6.61 Å². The zero-order valence-electron chi connectivity index (χ0n) is 13.8. The number of aromatic carboxylic acids is 1. The van der Waals surface area contributed by atoms with Gasteiger partial charge in [0.25, 0.3) is 0 Å². The lowest BCUT2D eigenvalue weighted by Crippen LogP contribution is -1.95. The Morgan fingerprint density at radius 3 is 2.50 bits per heavy atom. The number of carboxylic acids is 1. The van der Waals surface area contributed by atoms with E-state index in [2.05, 4.69) is 10.2 Å². The zero-order valence-corrected chi connectivity index (χ0v) is 13.8. The van der Waals surface area contributed by atoms with Gasteiger partial charge in [0.2, 0.25) is 0 Å². The summed E-state index contributed by atoms with van der Waals surface area (Å²) in [6.45, 7) is 0.517. The van der Waals surface area contributed by atoms with E-state index >= 15 is 0 Å². The molecule has 0 aliphatic carbocycles. The highest BCUT2D eigenvalue weighted by Gasteiger charge is 2.11. The third-order valence-electron chi connectivity index (χ3n) is 4.19. The summed E-state index contributed by atoms with van der Waals surface area (Å²) < 4.78 is 5.80. The minimum atomic E-state index is -0.956. The first-order valence-corrected chi connectivity index (χ1v) is 8.19. The lowest BCUT2D eigenvalue weighted by molar-refractivity contribution is 0.0697.